The zero-order valence-corrected chi connectivity index (χ0v) is 15.5. The van der Waals surface area contributed by atoms with Crippen LogP contribution in [0.2, 0.25) is 0 Å². The first kappa shape index (κ1) is 21.2. The third kappa shape index (κ3) is 6.88. The molecule has 0 unspecified atom stereocenters. The topological polar surface area (TPSA) is 120 Å². The monoisotopic (exact) mass is 389 g/mol. The van der Waals surface area contributed by atoms with Crippen molar-refractivity contribution in [2.45, 2.75) is 45.1 Å². The van der Waals surface area contributed by atoms with E-state index in [1.807, 2.05) is 30.3 Å². The van der Waals surface area contributed by atoms with Crippen molar-refractivity contribution in [2.24, 2.45) is 0 Å². The van der Waals surface area contributed by atoms with Crippen LogP contribution in [-0.4, -0.2) is 33.4 Å². The summed E-state index contributed by atoms with van der Waals surface area (Å²) in [7, 11) is 0. The van der Waals surface area contributed by atoms with Crippen molar-refractivity contribution >= 4 is 12.1 Å². The molecule has 150 valence electrons. The Morgan fingerprint density at radius 3 is 2.54 bits per heavy atom. The molecule has 0 aliphatic carbocycles. The number of carbonyl (C=O) groups excluding carboxylic acids is 1. The fourth-order valence-corrected chi connectivity index (χ4v) is 2.63. The SMILES string of the molecule is O=C(N[C@@H](CCCC[n+]1ccc(CO)c(O)c1)C(=O)O)OCc1ccccc1. The summed E-state index contributed by atoms with van der Waals surface area (Å²) in [4.78, 5) is 23.2. The van der Waals surface area contributed by atoms with E-state index in [1.54, 1.807) is 16.8 Å². The summed E-state index contributed by atoms with van der Waals surface area (Å²) in [5, 5.41) is 30.4. The molecule has 8 heteroatoms. The number of hydrogen-bond acceptors (Lipinski definition) is 5. The maximum atomic E-state index is 11.8. The van der Waals surface area contributed by atoms with Crippen LogP contribution < -0.4 is 9.88 Å². The van der Waals surface area contributed by atoms with Gasteiger partial charge in [0.25, 0.3) is 0 Å². The van der Waals surface area contributed by atoms with Crippen LogP contribution in [-0.2, 0) is 29.3 Å². The lowest BCUT2D eigenvalue weighted by Crippen LogP contribution is -2.41. The van der Waals surface area contributed by atoms with Gasteiger partial charge in [0.15, 0.2) is 11.9 Å². The molecule has 28 heavy (non-hydrogen) atoms. The molecule has 1 aromatic heterocycles. The van der Waals surface area contributed by atoms with Crippen molar-refractivity contribution in [3.63, 3.8) is 0 Å². The van der Waals surface area contributed by atoms with Crippen molar-refractivity contribution < 1.29 is 34.2 Å². The molecule has 0 saturated carbocycles. The molecular formula is C20H25N2O6+. The van der Waals surface area contributed by atoms with Crippen LogP contribution >= 0.6 is 0 Å². The second-order valence-electron chi connectivity index (χ2n) is 6.34. The van der Waals surface area contributed by atoms with Gasteiger partial charge in [-0.1, -0.05) is 30.3 Å². The number of aryl methyl sites for hydroxylation is 1. The minimum atomic E-state index is -1.12. The van der Waals surface area contributed by atoms with E-state index in [0.717, 1.165) is 5.56 Å². The predicted octanol–water partition coefficient (Wildman–Crippen LogP) is 1.72. The number of nitrogens with one attached hydrogen (secondary N) is 1. The molecule has 0 fully saturated rings. The number of aliphatic hydroxyl groups is 1. The number of unbranched alkanes of at least 4 members (excludes halogenated alkanes) is 1. The highest BCUT2D eigenvalue weighted by molar-refractivity contribution is 5.79. The minimum absolute atomic E-state index is 0.0104. The van der Waals surface area contributed by atoms with Crippen LogP contribution in [0, 0.1) is 0 Å². The largest absolute Gasteiger partial charge is 0.502 e. The van der Waals surface area contributed by atoms with Gasteiger partial charge in [-0.25, -0.2) is 14.2 Å². The number of aliphatic carboxylic acids is 1. The van der Waals surface area contributed by atoms with Crippen molar-refractivity contribution in [1.82, 2.24) is 5.32 Å². The lowest BCUT2D eigenvalue weighted by atomic mass is 10.1. The number of carboxylic acid groups (broad SMARTS) is 1. The van der Waals surface area contributed by atoms with Gasteiger partial charge in [0.05, 0.1) is 6.61 Å². The summed E-state index contributed by atoms with van der Waals surface area (Å²) in [6, 6.07) is 9.72. The summed E-state index contributed by atoms with van der Waals surface area (Å²) in [6.07, 6.45) is 3.96. The molecule has 2 rings (SSSR count). The zero-order chi connectivity index (χ0) is 20.4. The Morgan fingerprint density at radius 2 is 1.89 bits per heavy atom. The number of aromatic nitrogens is 1. The molecule has 2 aromatic rings. The smallest absolute Gasteiger partial charge is 0.408 e. The second-order valence-corrected chi connectivity index (χ2v) is 6.34. The van der Waals surface area contributed by atoms with Crippen LogP contribution in [0.15, 0.2) is 48.8 Å². The van der Waals surface area contributed by atoms with Crippen molar-refractivity contribution in [1.29, 1.82) is 0 Å². The molecular weight excluding hydrogens is 364 g/mol. The summed E-state index contributed by atoms with van der Waals surface area (Å²) >= 11 is 0. The number of pyridine rings is 1. The molecule has 0 radical (unpaired) electrons. The summed E-state index contributed by atoms with van der Waals surface area (Å²) < 4.78 is 6.81. The number of hydrogen-bond donors (Lipinski definition) is 4. The second kappa shape index (κ2) is 10.9. The standard InChI is InChI=1S/C20H24N2O6/c23-13-16-9-11-22(12-18(16)24)10-5-4-8-17(19(25)26)21-20(27)28-14-15-6-2-1-3-7-15/h1-3,6-7,9,11-12,17,23H,4-5,8,10,13-14H2,(H2-,21,24,25,26,27)/p+1/t17-/m0/s1. The molecule has 4 N–H and O–H groups in total. The van der Waals surface area contributed by atoms with E-state index >= 15 is 0 Å². The van der Waals surface area contributed by atoms with Crippen LogP contribution in [0.5, 0.6) is 5.75 Å². The first-order valence-electron chi connectivity index (χ1n) is 9.01. The lowest BCUT2D eigenvalue weighted by Gasteiger charge is -2.14. The Kier molecular flexibility index (Phi) is 8.23. The summed E-state index contributed by atoms with van der Waals surface area (Å²) in [5.41, 5.74) is 1.26. The Labute approximate surface area is 163 Å². The molecule has 0 saturated heterocycles. The van der Waals surface area contributed by atoms with Gasteiger partial charge in [-0.2, -0.15) is 0 Å². The number of alkyl carbamates (subject to hydrolysis) is 1. The summed E-state index contributed by atoms with van der Waals surface area (Å²) in [6.45, 7) is 0.409. The van der Waals surface area contributed by atoms with E-state index in [0.29, 0.717) is 24.9 Å². The quantitative estimate of drug-likeness (QED) is 0.363. The van der Waals surface area contributed by atoms with Crippen molar-refractivity contribution in [3.8, 4) is 5.75 Å². The van der Waals surface area contributed by atoms with Gasteiger partial charge in [0.2, 0.25) is 6.20 Å². The van der Waals surface area contributed by atoms with E-state index in [9.17, 15) is 19.8 Å². The fraction of sp³-hybridized carbons (Fsp3) is 0.350. The number of aliphatic hydroxyl groups excluding tert-OH is 1. The number of nitrogens with zero attached hydrogens (tertiary/aromatic N) is 1. The molecule has 0 aliphatic heterocycles. The van der Waals surface area contributed by atoms with Crippen LogP contribution in [0.25, 0.3) is 0 Å². The number of amides is 1. The Balaban J connectivity index is 1.74. The average Bonchev–Trinajstić information content (AvgIpc) is 2.69. The lowest BCUT2D eigenvalue weighted by molar-refractivity contribution is -0.697. The maximum absolute atomic E-state index is 11.8. The Bertz CT molecular complexity index is 782. The van der Waals surface area contributed by atoms with Crippen LogP contribution in [0.4, 0.5) is 4.79 Å². The Morgan fingerprint density at radius 1 is 1.14 bits per heavy atom. The van der Waals surface area contributed by atoms with E-state index in [4.69, 9.17) is 9.84 Å². The number of rotatable bonds is 10. The number of aromatic hydroxyl groups is 1. The molecule has 0 bridgehead atoms. The average molecular weight is 389 g/mol. The van der Waals surface area contributed by atoms with Gasteiger partial charge >= 0.3 is 12.1 Å². The van der Waals surface area contributed by atoms with Gasteiger partial charge in [-0.3, -0.25) is 0 Å². The molecule has 0 spiro atoms. The number of benzene rings is 1. The van der Waals surface area contributed by atoms with Gasteiger partial charge < -0.3 is 25.4 Å². The van der Waals surface area contributed by atoms with E-state index in [1.165, 1.54) is 6.20 Å². The van der Waals surface area contributed by atoms with Gasteiger partial charge in [0, 0.05) is 18.1 Å². The van der Waals surface area contributed by atoms with Crippen LogP contribution in [0.3, 0.4) is 0 Å². The highest BCUT2D eigenvalue weighted by Gasteiger charge is 2.20. The molecule has 1 atom stereocenters. The van der Waals surface area contributed by atoms with Crippen molar-refractivity contribution in [2.75, 3.05) is 0 Å². The van der Waals surface area contributed by atoms with Gasteiger partial charge in [-0.15, -0.1) is 0 Å². The number of ether oxygens (including phenoxy) is 1. The van der Waals surface area contributed by atoms with E-state index in [-0.39, 0.29) is 25.4 Å². The van der Waals surface area contributed by atoms with Gasteiger partial charge in [-0.05, 0) is 18.4 Å². The highest BCUT2D eigenvalue weighted by atomic mass is 16.5. The third-order valence-electron chi connectivity index (χ3n) is 4.22. The number of carbonyl (C=O) groups is 2. The predicted molar refractivity (Wildman–Crippen MR) is 99.3 cm³/mol. The molecule has 1 amide bonds. The van der Waals surface area contributed by atoms with E-state index < -0.39 is 18.1 Å². The first-order valence-corrected chi connectivity index (χ1v) is 9.01. The van der Waals surface area contributed by atoms with Gasteiger partial charge in [0.1, 0.15) is 19.2 Å². The summed E-state index contributed by atoms with van der Waals surface area (Å²) in [5.74, 6) is -1.11. The minimum Gasteiger partial charge on any atom is -0.502 e. The normalized spacial score (nSPS) is 11.6. The number of carboxylic acids is 1. The van der Waals surface area contributed by atoms with Crippen LogP contribution in [0.1, 0.15) is 30.4 Å². The van der Waals surface area contributed by atoms with E-state index in [2.05, 4.69) is 5.32 Å². The molecule has 1 aromatic carbocycles. The molecule has 8 nitrogen and oxygen atoms in total. The third-order valence-corrected chi connectivity index (χ3v) is 4.22. The first-order chi connectivity index (χ1) is 13.5. The zero-order valence-electron chi connectivity index (χ0n) is 15.5. The molecule has 1 heterocycles. The fourth-order valence-electron chi connectivity index (χ4n) is 2.63. The highest BCUT2D eigenvalue weighted by Crippen LogP contribution is 2.12. The van der Waals surface area contributed by atoms with Crippen molar-refractivity contribution in [3.05, 3.63) is 59.9 Å². The maximum Gasteiger partial charge on any atom is 0.408 e. The Hall–Kier alpha value is -3.13. The molecule has 0 aliphatic rings.